The smallest absolute Gasteiger partial charge is 0.238 e. The molecule has 0 aliphatic rings. The molecule has 0 saturated carbocycles. The molecule has 0 amide bonds. The zero-order valence-electron chi connectivity index (χ0n) is 28.7. The molecule has 10 aromatic rings. The average Bonchev–Trinajstić information content (AvgIpc) is 3.76. The van der Waals surface area contributed by atoms with Gasteiger partial charge in [0, 0.05) is 32.3 Å². The van der Waals surface area contributed by atoms with Crippen molar-refractivity contribution in [3.63, 3.8) is 0 Å². The van der Waals surface area contributed by atoms with E-state index in [1.807, 2.05) is 0 Å². The molecule has 0 radical (unpaired) electrons. The first-order valence-corrected chi connectivity index (χ1v) is 17.2. The molecule has 51 heavy (non-hydrogen) atoms. The zero-order chi connectivity index (χ0) is 34.5. The molecule has 0 spiro atoms. The third-order valence-electron chi connectivity index (χ3n) is 10.3. The number of rotatable bonds is 3. The van der Waals surface area contributed by atoms with Gasteiger partial charge < -0.3 is 0 Å². The van der Waals surface area contributed by atoms with Crippen molar-refractivity contribution < 1.29 is 0 Å². The molecule has 4 aromatic heterocycles. The Labute approximate surface area is 294 Å². The Morgan fingerprint density at radius 2 is 0.745 bits per heavy atom. The maximum Gasteiger partial charge on any atom is 0.238 e. The van der Waals surface area contributed by atoms with Gasteiger partial charge in [-0.1, -0.05) is 82.9 Å². The molecule has 0 unspecified atom stereocenters. The fraction of sp³-hybridized carbons (Fsp3) is 0.0889. The van der Waals surface area contributed by atoms with Crippen molar-refractivity contribution in [1.82, 2.24) is 23.7 Å². The summed E-state index contributed by atoms with van der Waals surface area (Å²) in [4.78, 5) is 10.8. The van der Waals surface area contributed by atoms with Crippen molar-refractivity contribution in [2.75, 3.05) is 0 Å². The second-order valence-corrected chi connectivity index (χ2v) is 13.8. The number of aryl methyl sites for hydroxylation is 4. The van der Waals surface area contributed by atoms with E-state index < -0.39 is 0 Å². The minimum atomic E-state index is 0.402. The fourth-order valence-electron chi connectivity index (χ4n) is 8.05. The summed E-state index contributed by atoms with van der Waals surface area (Å²) in [5.74, 6) is 1.59. The topological polar surface area (TPSA) is 64.4 Å². The first-order valence-electron chi connectivity index (χ1n) is 17.2. The van der Waals surface area contributed by atoms with Crippen LogP contribution in [-0.2, 0) is 0 Å². The average molecular weight is 657 g/mol. The molecule has 6 nitrogen and oxygen atoms in total. The number of hydrogen-bond donors (Lipinski definition) is 0. The summed E-state index contributed by atoms with van der Waals surface area (Å²) in [5, 5.41) is 18.0. The maximum absolute atomic E-state index is 11.3. The SMILES string of the molecule is Cc1ccc2c(c1)c1cc(C)ccc1n2-c1nc(-n2c3ccccc3c3ccccc32)nc(-n2c3ccc(C)cc3c3cc(C)ccc32)c1C#N. The van der Waals surface area contributed by atoms with E-state index in [4.69, 9.17) is 9.97 Å². The summed E-state index contributed by atoms with van der Waals surface area (Å²) in [5.41, 5.74) is 11.1. The lowest BCUT2D eigenvalue weighted by molar-refractivity contribution is 0.911. The third kappa shape index (κ3) is 4.15. The monoisotopic (exact) mass is 656 g/mol. The van der Waals surface area contributed by atoms with Crippen LogP contribution in [0.15, 0.2) is 121 Å². The Morgan fingerprint density at radius 3 is 1.10 bits per heavy atom. The van der Waals surface area contributed by atoms with Gasteiger partial charge in [0.1, 0.15) is 11.6 Å². The van der Waals surface area contributed by atoms with E-state index in [0.29, 0.717) is 23.1 Å². The predicted molar refractivity (Wildman–Crippen MR) is 209 cm³/mol. The van der Waals surface area contributed by atoms with Gasteiger partial charge in [-0.3, -0.25) is 13.7 Å². The quantitative estimate of drug-likeness (QED) is 0.190. The lowest BCUT2D eigenvalue weighted by atomic mass is 10.1. The van der Waals surface area contributed by atoms with E-state index in [-0.39, 0.29) is 0 Å². The summed E-state index contributed by atoms with van der Waals surface area (Å²) < 4.78 is 6.46. The molecule has 0 atom stereocenters. The first kappa shape index (κ1) is 29.2. The van der Waals surface area contributed by atoms with E-state index in [2.05, 4.69) is 169 Å². The van der Waals surface area contributed by atoms with E-state index in [9.17, 15) is 5.26 Å². The van der Waals surface area contributed by atoms with Gasteiger partial charge in [-0.25, -0.2) is 0 Å². The second-order valence-electron chi connectivity index (χ2n) is 13.8. The van der Waals surface area contributed by atoms with Crippen LogP contribution in [-0.4, -0.2) is 23.7 Å². The van der Waals surface area contributed by atoms with Crippen LogP contribution < -0.4 is 0 Å². The van der Waals surface area contributed by atoms with Crippen LogP contribution in [0.5, 0.6) is 0 Å². The van der Waals surface area contributed by atoms with Crippen LogP contribution in [0.1, 0.15) is 27.8 Å². The summed E-state index contributed by atoms with van der Waals surface area (Å²) >= 11 is 0. The third-order valence-corrected chi connectivity index (χ3v) is 10.3. The molecule has 6 heteroatoms. The minimum Gasteiger partial charge on any atom is -0.292 e. The molecule has 4 heterocycles. The fourth-order valence-corrected chi connectivity index (χ4v) is 8.05. The van der Waals surface area contributed by atoms with Crippen LogP contribution in [0.3, 0.4) is 0 Å². The number of fused-ring (bicyclic) bond motifs is 9. The molecule has 242 valence electrons. The highest BCUT2D eigenvalue weighted by Crippen LogP contribution is 2.39. The van der Waals surface area contributed by atoms with Gasteiger partial charge >= 0.3 is 0 Å². The standard InChI is InChI=1S/C45H32N6/c1-26-13-17-39-32(21-26)33-22-27(2)14-18-40(33)49(39)43-36(25-46)44(50-41-19-15-28(3)23-34(41)35-24-29(4)16-20-42(35)50)48-45(47-43)51-37-11-7-5-9-30(37)31-10-6-8-12-38(31)51/h5-24H,1-4H3. The summed E-state index contributed by atoms with van der Waals surface area (Å²) in [6, 6.07) is 45.4. The molecular weight excluding hydrogens is 625 g/mol. The van der Waals surface area contributed by atoms with Crippen LogP contribution in [0.25, 0.3) is 83.0 Å². The minimum absolute atomic E-state index is 0.402. The molecule has 0 bridgehead atoms. The van der Waals surface area contributed by atoms with Crippen LogP contribution in [0, 0.1) is 39.0 Å². The van der Waals surface area contributed by atoms with Gasteiger partial charge in [-0.05, 0) is 88.4 Å². The van der Waals surface area contributed by atoms with E-state index in [0.717, 1.165) is 65.4 Å². The van der Waals surface area contributed by atoms with Crippen molar-refractivity contribution in [3.8, 4) is 23.7 Å². The van der Waals surface area contributed by atoms with Crippen LogP contribution >= 0.6 is 0 Å². The lowest BCUT2D eigenvalue weighted by Crippen LogP contribution is -2.13. The van der Waals surface area contributed by atoms with E-state index >= 15 is 0 Å². The summed E-state index contributed by atoms with van der Waals surface area (Å²) in [7, 11) is 0. The van der Waals surface area contributed by atoms with Crippen molar-refractivity contribution in [3.05, 3.63) is 149 Å². The van der Waals surface area contributed by atoms with Gasteiger partial charge in [-0.2, -0.15) is 15.2 Å². The molecule has 0 aliphatic carbocycles. The largest absolute Gasteiger partial charge is 0.292 e. The van der Waals surface area contributed by atoms with E-state index in [1.165, 1.54) is 22.3 Å². The first-order chi connectivity index (χ1) is 24.9. The van der Waals surface area contributed by atoms with Crippen molar-refractivity contribution in [2.24, 2.45) is 0 Å². The number of nitriles is 1. The Kier molecular flexibility index (Phi) is 6.10. The second kappa shape index (κ2) is 10.6. The molecular formula is C45H32N6. The van der Waals surface area contributed by atoms with Crippen molar-refractivity contribution in [2.45, 2.75) is 27.7 Å². The van der Waals surface area contributed by atoms with Crippen LogP contribution in [0.2, 0.25) is 0 Å². The lowest BCUT2D eigenvalue weighted by Gasteiger charge is -2.17. The zero-order valence-corrected chi connectivity index (χ0v) is 28.7. The number of nitrogens with zero attached hydrogens (tertiary/aromatic N) is 6. The Hall–Kier alpha value is -6.71. The number of aromatic nitrogens is 5. The molecule has 0 N–H and O–H groups in total. The van der Waals surface area contributed by atoms with E-state index in [1.54, 1.807) is 0 Å². The predicted octanol–water partition coefficient (Wildman–Crippen LogP) is 10.9. The number of para-hydroxylation sites is 2. The van der Waals surface area contributed by atoms with Gasteiger partial charge in [0.15, 0.2) is 11.6 Å². The normalized spacial score (nSPS) is 11.9. The maximum atomic E-state index is 11.3. The highest BCUT2D eigenvalue weighted by Gasteiger charge is 2.26. The molecule has 0 fully saturated rings. The summed E-state index contributed by atoms with van der Waals surface area (Å²) in [6.07, 6.45) is 0. The van der Waals surface area contributed by atoms with Gasteiger partial charge in [0.2, 0.25) is 5.95 Å². The van der Waals surface area contributed by atoms with Crippen molar-refractivity contribution in [1.29, 1.82) is 5.26 Å². The highest BCUT2D eigenvalue weighted by atomic mass is 15.2. The Bertz CT molecular complexity index is 2830. The van der Waals surface area contributed by atoms with Gasteiger partial charge in [-0.15, -0.1) is 0 Å². The van der Waals surface area contributed by atoms with Gasteiger partial charge in [0.25, 0.3) is 0 Å². The van der Waals surface area contributed by atoms with Gasteiger partial charge in [0.05, 0.1) is 33.1 Å². The molecule has 10 rings (SSSR count). The number of hydrogen-bond acceptors (Lipinski definition) is 3. The molecule has 0 aliphatic heterocycles. The molecule has 0 saturated heterocycles. The number of benzene rings is 6. The summed E-state index contributed by atoms with van der Waals surface area (Å²) in [6.45, 7) is 8.48. The Balaban J connectivity index is 1.43. The Morgan fingerprint density at radius 1 is 0.412 bits per heavy atom. The van der Waals surface area contributed by atoms with Crippen molar-refractivity contribution >= 4 is 65.4 Å². The van der Waals surface area contributed by atoms with Crippen LogP contribution in [0.4, 0.5) is 0 Å². The molecule has 6 aromatic carbocycles. The highest BCUT2D eigenvalue weighted by molar-refractivity contribution is 6.12.